The first-order chi connectivity index (χ1) is 13.6. The van der Waals surface area contributed by atoms with Gasteiger partial charge in [0.2, 0.25) is 5.91 Å². The molecule has 0 aliphatic carbocycles. The maximum Gasteiger partial charge on any atom is 0.219 e. The van der Waals surface area contributed by atoms with Crippen LogP contribution >= 0.6 is 0 Å². The quantitative estimate of drug-likeness (QED) is 0.818. The summed E-state index contributed by atoms with van der Waals surface area (Å²) in [5.41, 5.74) is 1.95. The predicted octanol–water partition coefficient (Wildman–Crippen LogP) is 3.47. The van der Waals surface area contributed by atoms with Crippen molar-refractivity contribution in [1.82, 2.24) is 9.80 Å². The van der Waals surface area contributed by atoms with E-state index in [9.17, 15) is 4.79 Å². The van der Waals surface area contributed by atoms with E-state index in [1.54, 1.807) is 14.0 Å². The second-order valence-electron chi connectivity index (χ2n) is 7.93. The molecule has 0 N–H and O–H groups in total. The molecule has 148 valence electrons. The number of piperidine rings is 1. The smallest absolute Gasteiger partial charge is 0.219 e. The Morgan fingerprint density at radius 3 is 2.75 bits per heavy atom. The van der Waals surface area contributed by atoms with Gasteiger partial charge >= 0.3 is 0 Å². The van der Waals surface area contributed by atoms with Crippen LogP contribution in [-0.2, 0) is 17.9 Å². The summed E-state index contributed by atoms with van der Waals surface area (Å²) in [6.45, 7) is 5.59. The Balaban J connectivity index is 1.62. The lowest BCUT2D eigenvalue weighted by Crippen LogP contribution is -2.57. The lowest BCUT2D eigenvalue weighted by atomic mass is 9.91. The van der Waals surface area contributed by atoms with E-state index in [1.807, 2.05) is 29.2 Å². The molecule has 2 aromatic carbocycles. The normalized spacial score (nSPS) is 22.3. The Labute approximate surface area is 166 Å². The fraction of sp³-hybridized carbons (Fsp3) is 0.435. The molecule has 1 amide bonds. The van der Waals surface area contributed by atoms with Gasteiger partial charge in [0.25, 0.3) is 0 Å². The van der Waals surface area contributed by atoms with Crippen LogP contribution in [0.3, 0.4) is 0 Å². The highest BCUT2D eigenvalue weighted by Crippen LogP contribution is 2.37. The zero-order valence-electron chi connectivity index (χ0n) is 16.7. The fourth-order valence-corrected chi connectivity index (χ4v) is 4.36. The topological polar surface area (TPSA) is 42.0 Å². The Bertz CT molecular complexity index is 839. The van der Waals surface area contributed by atoms with Gasteiger partial charge < -0.3 is 14.4 Å². The van der Waals surface area contributed by atoms with E-state index < -0.39 is 5.60 Å². The molecule has 2 aromatic rings. The standard InChI is InChI=1S/C23H28N2O3/c1-18(26)25-15-20-9-10-21(27-2)13-22(20)28-23(17-25)11-6-12-24(16-23)14-19-7-4-3-5-8-19/h3-5,7-10,13H,6,11-12,14-17H2,1-2H3. The van der Waals surface area contributed by atoms with Crippen LogP contribution in [0.2, 0.25) is 0 Å². The fourth-order valence-electron chi connectivity index (χ4n) is 4.36. The lowest BCUT2D eigenvalue weighted by Gasteiger charge is -2.43. The van der Waals surface area contributed by atoms with E-state index >= 15 is 0 Å². The van der Waals surface area contributed by atoms with Gasteiger partial charge in [-0.05, 0) is 37.1 Å². The number of hydrogen-bond acceptors (Lipinski definition) is 4. The molecule has 0 bridgehead atoms. The van der Waals surface area contributed by atoms with Crippen LogP contribution in [0.4, 0.5) is 0 Å². The number of carbonyl (C=O) groups is 1. The van der Waals surface area contributed by atoms with Crippen LogP contribution in [0.15, 0.2) is 48.5 Å². The number of hydrogen-bond donors (Lipinski definition) is 0. The van der Waals surface area contributed by atoms with Crippen molar-refractivity contribution in [3.8, 4) is 11.5 Å². The molecule has 1 spiro atoms. The average Bonchev–Trinajstić information content (AvgIpc) is 2.84. The van der Waals surface area contributed by atoms with Crippen molar-refractivity contribution in [2.75, 3.05) is 26.7 Å². The molecule has 1 unspecified atom stereocenters. The largest absolute Gasteiger partial charge is 0.497 e. The monoisotopic (exact) mass is 380 g/mol. The minimum Gasteiger partial charge on any atom is -0.497 e. The molecule has 1 fully saturated rings. The first-order valence-electron chi connectivity index (χ1n) is 9.95. The molecule has 0 radical (unpaired) electrons. The Hall–Kier alpha value is -2.53. The van der Waals surface area contributed by atoms with E-state index in [0.717, 1.165) is 49.5 Å². The third-order valence-electron chi connectivity index (χ3n) is 5.75. The van der Waals surface area contributed by atoms with E-state index in [1.165, 1.54) is 5.56 Å². The summed E-state index contributed by atoms with van der Waals surface area (Å²) in [6, 6.07) is 16.4. The van der Waals surface area contributed by atoms with Crippen molar-refractivity contribution >= 4 is 5.91 Å². The molecule has 2 heterocycles. The van der Waals surface area contributed by atoms with Gasteiger partial charge in [-0.1, -0.05) is 30.3 Å². The minimum atomic E-state index is -0.393. The maximum absolute atomic E-state index is 12.3. The summed E-state index contributed by atoms with van der Waals surface area (Å²) in [7, 11) is 1.66. The van der Waals surface area contributed by atoms with Crippen LogP contribution < -0.4 is 9.47 Å². The van der Waals surface area contributed by atoms with Gasteiger partial charge in [0.05, 0.1) is 13.7 Å². The summed E-state index contributed by atoms with van der Waals surface area (Å²) < 4.78 is 12.1. The van der Waals surface area contributed by atoms with Crippen LogP contribution in [0.1, 0.15) is 30.9 Å². The van der Waals surface area contributed by atoms with Crippen molar-refractivity contribution in [2.45, 2.75) is 38.5 Å². The minimum absolute atomic E-state index is 0.0897. The van der Waals surface area contributed by atoms with Crippen LogP contribution in [0.5, 0.6) is 11.5 Å². The molecule has 0 saturated carbocycles. The number of methoxy groups -OCH3 is 1. The van der Waals surface area contributed by atoms with Gasteiger partial charge in [-0.3, -0.25) is 9.69 Å². The SMILES string of the molecule is COc1ccc2c(c1)OC1(CCCN(Cc3ccccc3)C1)CN(C(C)=O)C2. The molecular formula is C23H28N2O3. The van der Waals surface area contributed by atoms with Gasteiger partial charge in [0.15, 0.2) is 0 Å². The highest BCUT2D eigenvalue weighted by Gasteiger charge is 2.42. The zero-order valence-corrected chi connectivity index (χ0v) is 16.7. The molecule has 1 atom stereocenters. The molecule has 28 heavy (non-hydrogen) atoms. The Morgan fingerprint density at radius 1 is 1.18 bits per heavy atom. The van der Waals surface area contributed by atoms with Gasteiger partial charge in [0, 0.05) is 38.2 Å². The number of likely N-dealkylation sites (tertiary alicyclic amines) is 1. The van der Waals surface area contributed by atoms with Crippen LogP contribution in [0.25, 0.3) is 0 Å². The molecule has 5 heteroatoms. The van der Waals surface area contributed by atoms with Crippen molar-refractivity contribution < 1.29 is 14.3 Å². The Morgan fingerprint density at radius 2 is 2.00 bits per heavy atom. The number of amides is 1. The number of benzene rings is 2. The molecular weight excluding hydrogens is 352 g/mol. The van der Waals surface area contributed by atoms with Gasteiger partial charge in [-0.2, -0.15) is 0 Å². The second kappa shape index (κ2) is 7.84. The second-order valence-corrected chi connectivity index (χ2v) is 7.93. The molecule has 2 aliphatic heterocycles. The van der Waals surface area contributed by atoms with Crippen molar-refractivity contribution in [1.29, 1.82) is 0 Å². The summed E-state index contributed by atoms with van der Waals surface area (Å²) in [5.74, 6) is 1.71. The molecule has 4 rings (SSSR count). The van der Waals surface area contributed by atoms with E-state index in [2.05, 4.69) is 29.2 Å². The van der Waals surface area contributed by atoms with E-state index in [4.69, 9.17) is 9.47 Å². The number of fused-ring (bicyclic) bond motifs is 1. The number of carbonyl (C=O) groups excluding carboxylic acids is 1. The van der Waals surface area contributed by atoms with Crippen LogP contribution in [-0.4, -0.2) is 48.1 Å². The first-order valence-corrected chi connectivity index (χ1v) is 9.95. The maximum atomic E-state index is 12.3. The van der Waals surface area contributed by atoms with Crippen LogP contribution in [0, 0.1) is 0 Å². The number of ether oxygens (including phenoxy) is 2. The van der Waals surface area contributed by atoms with Crippen molar-refractivity contribution in [3.63, 3.8) is 0 Å². The predicted molar refractivity (Wildman–Crippen MR) is 108 cm³/mol. The van der Waals surface area contributed by atoms with Crippen molar-refractivity contribution in [2.24, 2.45) is 0 Å². The molecule has 0 aromatic heterocycles. The summed E-state index contributed by atoms with van der Waals surface area (Å²) in [6.07, 6.45) is 2.00. The highest BCUT2D eigenvalue weighted by molar-refractivity contribution is 5.73. The summed E-state index contributed by atoms with van der Waals surface area (Å²) >= 11 is 0. The lowest BCUT2D eigenvalue weighted by molar-refractivity contribution is -0.133. The summed E-state index contributed by atoms with van der Waals surface area (Å²) in [4.78, 5) is 16.7. The number of nitrogens with zero attached hydrogens (tertiary/aromatic N) is 2. The Kier molecular flexibility index (Phi) is 5.27. The highest BCUT2D eigenvalue weighted by atomic mass is 16.5. The van der Waals surface area contributed by atoms with Gasteiger partial charge in [0.1, 0.15) is 17.1 Å². The third kappa shape index (κ3) is 3.99. The molecule has 2 aliphatic rings. The number of rotatable bonds is 3. The van der Waals surface area contributed by atoms with E-state index in [0.29, 0.717) is 13.1 Å². The van der Waals surface area contributed by atoms with E-state index in [-0.39, 0.29) is 5.91 Å². The summed E-state index contributed by atoms with van der Waals surface area (Å²) in [5, 5.41) is 0. The van der Waals surface area contributed by atoms with Gasteiger partial charge in [-0.15, -0.1) is 0 Å². The molecule has 1 saturated heterocycles. The zero-order chi connectivity index (χ0) is 19.6. The molecule has 5 nitrogen and oxygen atoms in total. The third-order valence-corrected chi connectivity index (χ3v) is 5.75. The van der Waals surface area contributed by atoms with Crippen molar-refractivity contribution in [3.05, 3.63) is 59.7 Å². The van der Waals surface area contributed by atoms with Gasteiger partial charge in [-0.25, -0.2) is 0 Å². The first kappa shape index (κ1) is 18.8. The average molecular weight is 380 g/mol.